The Morgan fingerprint density at radius 3 is 2.85 bits per heavy atom. The van der Waals surface area contributed by atoms with E-state index in [1.807, 2.05) is 30.3 Å². The average Bonchev–Trinajstić information content (AvgIpc) is 2.18. The van der Waals surface area contributed by atoms with Gasteiger partial charge in [-0.15, -0.1) is 12.6 Å². The minimum atomic E-state index is 0.425. The summed E-state index contributed by atoms with van der Waals surface area (Å²) in [7, 11) is 0. The highest BCUT2D eigenvalue weighted by molar-refractivity contribution is 7.80. The molecule has 1 aromatic carbocycles. The van der Waals surface area contributed by atoms with Crippen molar-refractivity contribution in [2.45, 2.75) is 4.90 Å². The van der Waals surface area contributed by atoms with Crippen molar-refractivity contribution in [3.8, 4) is 6.07 Å². The molecule has 0 amide bonds. The lowest BCUT2D eigenvalue weighted by molar-refractivity contribution is 1.29. The molecule has 2 aromatic rings. The summed E-state index contributed by atoms with van der Waals surface area (Å²) in [6, 6.07) is 11.3. The van der Waals surface area contributed by atoms with Crippen molar-refractivity contribution < 1.29 is 0 Å². The van der Waals surface area contributed by atoms with Gasteiger partial charge in [0.25, 0.3) is 0 Å². The van der Waals surface area contributed by atoms with E-state index in [0.29, 0.717) is 5.69 Å². The van der Waals surface area contributed by atoms with Crippen molar-refractivity contribution in [1.82, 2.24) is 4.98 Å². The fraction of sp³-hybridized carbons (Fsp3) is 0. The van der Waals surface area contributed by atoms with Crippen molar-refractivity contribution in [2.75, 3.05) is 0 Å². The molecule has 3 heteroatoms. The van der Waals surface area contributed by atoms with Crippen LogP contribution in [0.2, 0.25) is 0 Å². The van der Waals surface area contributed by atoms with E-state index in [-0.39, 0.29) is 0 Å². The van der Waals surface area contributed by atoms with Crippen LogP contribution in [0.25, 0.3) is 10.9 Å². The van der Waals surface area contributed by atoms with Gasteiger partial charge in [-0.2, -0.15) is 5.26 Å². The van der Waals surface area contributed by atoms with E-state index in [0.717, 1.165) is 15.8 Å². The summed E-state index contributed by atoms with van der Waals surface area (Å²) in [4.78, 5) is 4.96. The van der Waals surface area contributed by atoms with Gasteiger partial charge in [0.2, 0.25) is 0 Å². The summed E-state index contributed by atoms with van der Waals surface area (Å²) in [5, 5.41) is 9.66. The third-order valence-electron chi connectivity index (χ3n) is 1.81. The molecule has 0 radical (unpaired) electrons. The topological polar surface area (TPSA) is 36.7 Å². The maximum atomic E-state index is 8.65. The van der Waals surface area contributed by atoms with Crippen molar-refractivity contribution >= 4 is 23.5 Å². The van der Waals surface area contributed by atoms with Crippen LogP contribution in [-0.2, 0) is 0 Å². The van der Waals surface area contributed by atoms with Crippen LogP contribution in [-0.4, -0.2) is 4.98 Å². The molecule has 1 aromatic heterocycles. The Balaban J connectivity index is 2.84. The summed E-state index contributed by atoms with van der Waals surface area (Å²) < 4.78 is 0. The first-order valence-electron chi connectivity index (χ1n) is 3.80. The number of aromatic nitrogens is 1. The molecule has 0 aliphatic rings. The van der Waals surface area contributed by atoms with Crippen LogP contribution in [0.1, 0.15) is 5.69 Å². The van der Waals surface area contributed by atoms with Crippen molar-refractivity contribution in [1.29, 1.82) is 5.26 Å². The number of benzene rings is 1. The minimum absolute atomic E-state index is 0.425. The maximum Gasteiger partial charge on any atom is 0.141 e. The smallest absolute Gasteiger partial charge is 0.141 e. The van der Waals surface area contributed by atoms with Gasteiger partial charge in [0.05, 0.1) is 5.52 Å². The number of para-hydroxylation sites is 1. The molecule has 62 valence electrons. The number of nitriles is 1. The highest BCUT2D eigenvalue weighted by atomic mass is 32.1. The second-order valence-electron chi connectivity index (χ2n) is 2.66. The summed E-state index contributed by atoms with van der Waals surface area (Å²) in [5.41, 5.74) is 1.21. The van der Waals surface area contributed by atoms with Gasteiger partial charge in [-0.3, -0.25) is 0 Å². The standard InChI is InChI=1S/C10H6N2S/c11-6-8-5-4-7-2-1-3-9(13)10(7)12-8/h1-5,13H. The first kappa shape index (κ1) is 8.09. The number of fused-ring (bicyclic) bond motifs is 1. The first-order chi connectivity index (χ1) is 6.31. The van der Waals surface area contributed by atoms with Crippen LogP contribution in [0.3, 0.4) is 0 Å². The zero-order chi connectivity index (χ0) is 9.26. The first-order valence-corrected chi connectivity index (χ1v) is 4.25. The molecule has 0 fully saturated rings. The molecular formula is C10H6N2S. The summed E-state index contributed by atoms with van der Waals surface area (Å²) in [6.07, 6.45) is 0. The molecule has 0 atom stereocenters. The van der Waals surface area contributed by atoms with Gasteiger partial charge in [0, 0.05) is 10.3 Å². The van der Waals surface area contributed by atoms with Crippen molar-refractivity contribution in [3.63, 3.8) is 0 Å². The largest absolute Gasteiger partial charge is 0.236 e. The highest BCUT2D eigenvalue weighted by Gasteiger charge is 1.99. The molecular weight excluding hydrogens is 180 g/mol. The highest BCUT2D eigenvalue weighted by Crippen LogP contribution is 2.19. The van der Waals surface area contributed by atoms with Crippen LogP contribution in [0.4, 0.5) is 0 Å². The predicted octanol–water partition coefficient (Wildman–Crippen LogP) is 2.40. The van der Waals surface area contributed by atoms with Gasteiger partial charge in [0.1, 0.15) is 11.8 Å². The normalized spacial score (nSPS) is 9.85. The van der Waals surface area contributed by atoms with E-state index in [2.05, 4.69) is 17.6 Å². The zero-order valence-electron chi connectivity index (χ0n) is 6.73. The van der Waals surface area contributed by atoms with Crippen molar-refractivity contribution in [2.24, 2.45) is 0 Å². The van der Waals surface area contributed by atoms with Crippen molar-refractivity contribution in [3.05, 3.63) is 36.0 Å². The van der Waals surface area contributed by atoms with Crippen LogP contribution < -0.4 is 0 Å². The lowest BCUT2D eigenvalue weighted by Crippen LogP contribution is -1.84. The minimum Gasteiger partial charge on any atom is -0.236 e. The van der Waals surface area contributed by atoms with Gasteiger partial charge in [0.15, 0.2) is 0 Å². The maximum absolute atomic E-state index is 8.65. The van der Waals surface area contributed by atoms with Crippen LogP contribution in [0, 0.1) is 11.3 Å². The van der Waals surface area contributed by atoms with Crippen LogP contribution in [0.5, 0.6) is 0 Å². The van der Waals surface area contributed by atoms with E-state index >= 15 is 0 Å². The molecule has 13 heavy (non-hydrogen) atoms. The molecule has 0 saturated carbocycles. The van der Waals surface area contributed by atoms with E-state index in [1.165, 1.54) is 0 Å². The molecule has 0 unspecified atom stereocenters. The zero-order valence-corrected chi connectivity index (χ0v) is 7.62. The Kier molecular flexibility index (Phi) is 1.91. The molecule has 0 aliphatic carbocycles. The molecule has 0 N–H and O–H groups in total. The summed E-state index contributed by atoms with van der Waals surface area (Å²) in [5.74, 6) is 0. The third kappa shape index (κ3) is 1.36. The number of hydrogen-bond acceptors (Lipinski definition) is 3. The Morgan fingerprint density at radius 2 is 2.08 bits per heavy atom. The molecule has 1 heterocycles. The molecule has 0 spiro atoms. The van der Waals surface area contributed by atoms with Gasteiger partial charge in [-0.25, -0.2) is 4.98 Å². The number of hydrogen-bond donors (Lipinski definition) is 1. The van der Waals surface area contributed by atoms with E-state index < -0.39 is 0 Å². The lowest BCUT2D eigenvalue weighted by atomic mass is 10.2. The Bertz CT molecular complexity index is 500. The van der Waals surface area contributed by atoms with Gasteiger partial charge in [-0.05, 0) is 18.2 Å². The fourth-order valence-corrected chi connectivity index (χ4v) is 1.46. The van der Waals surface area contributed by atoms with Crippen LogP contribution in [0.15, 0.2) is 35.2 Å². The Hall–Kier alpha value is -1.53. The summed E-state index contributed by atoms with van der Waals surface area (Å²) in [6.45, 7) is 0. The van der Waals surface area contributed by atoms with Gasteiger partial charge >= 0.3 is 0 Å². The fourth-order valence-electron chi connectivity index (χ4n) is 1.19. The molecule has 2 nitrogen and oxygen atoms in total. The van der Waals surface area contributed by atoms with E-state index in [9.17, 15) is 0 Å². The summed E-state index contributed by atoms with van der Waals surface area (Å²) >= 11 is 4.26. The number of nitrogens with zero attached hydrogens (tertiary/aromatic N) is 2. The Morgan fingerprint density at radius 1 is 1.23 bits per heavy atom. The van der Waals surface area contributed by atoms with E-state index in [4.69, 9.17) is 5.26 Å². The SMILES string of the molecule is N#Cc1ccc2cccc(S)c2n1. The third-order valence-corrected chi connectivity index (χ3v) is 2.17. The average molecular weight is 186 g/mol. The van der Waals surface area contributed by atoms with Crippen LogP contribution >= 0.6 is 12.6 Å². The number of thiol groups is 1. The molecule has 0 bridgehead atoms. The number of pyridine rings is 1. The second kappa shape index (κ2) is 3.08. The van der Waals surface area contributed by atoms with E-state index in [1.54, 1.807) is 6.07 Å². The van der Waals surface area contributed by atoms with Gasteiger partial charge in [-0.1, -0.05) is 12.1 Å². The second-order valence-corrected chi connectivity index (χ2v) is 3.14. The Labute approximate surface area is 81.2 Å². The predicted molar refractivity (Wildman–Crippen MR) is 53.7 cm³/mol. The molecule has 0 aliphatic heterocycles. The monoisotopic (exact) mass is 186 g/mol. The molecule has 2 rings (SSSR count). The quantitative estimate of drug-likeness (QED) is 0.641. The molecule has 0 saturated heterocycles. The lowest BCUT2D eigenvalue weighted by Gasteiger charge is -1.99. The number of rotatable bonds is 0. The van der Waals surface area contributed by atoms with Gasteiger partial charge < -0.3 is 0 Å².